The van der Waals surface area contributed by atoms with E-state index in [1.807, 2.05) is 72.8 Å². The van der Waals surface area contributed by atoms with Gasteiger partial charge in [-0.1, -0.05) is 72.8 Å². The van der Waals surface area contributed by atoms with Crippen LogP contribution in [0.4, 0.5) is 0 Å². The molecule has 0 aromatic heterocycles. The lowest BCUT2D eigenvalue weighted by Crippen LogP contribution is -2.40. The maximum atomic E-state index is 12.5. The van der Waals surface area contributed by atoms with E-state index >= 15 is 0 Å². The fourth-order valence-electron chi connectivity index (χ4n) is 3.65. The van der Waals surface area contributed by atoms with Crippen molar-refractivity contribution in [2.24, 2.45) is 11.8 Å². The van der Waals surface area contributed by atoms with Gasteiger partial charge in [-0.05, 0) is 11.1 Å². The Morgan fingerprint density at radius 3 is 1.64 bits per heavy atom. The van der Waals surface area contributed by atoms with Crippen LogP contribution in [0.2, 0.25) is 0 Å². The molecule has 0 aliphatic heterocycles. The molecule has 0 fully saturated rings. The molecular weight excluding hydrogens is 316 g/mol. The largest absolute Gasteiger partial charge is 0.481 e. The van der Waals surface area contributed by atoms with E-state index in [0.717, 1.165) is 11.1 Å². The molecule has 4 heteroatoms. The van der Waals surface area contributed by atoms with E-state index in [1.165, 1.54) is 7.11 Å². The van der Waals surface area contributed by atoms with Gasteiger partial charge < -0.3 is 9.84 Å². The van der Waals surface area contributed by atoms with Crippen molar-refractivity contribution < 1.29 is 19.4 Å². The van der Waals surface area contributed by atoms with Gasteiger partial charge in [0, 0.05) is 11.8 Å². The highest BCUT2D eigenvalue weighted by Gasteiger charge is 2.46. The van der Waals surface area contributed by atoms with Crippen LogP contribution in [0.15, 0.2) is 72.8 Å². The minimum absolute atomic E-state index is 0.324. The molecule has 0 radical (unpaired) electrons. The number of methoxy groups -OCH3 is 1. The van der Waals surface area contributed by atoms with Crippen molar-refractivity contribution >= 4 is 11.9 Å². The Morgan fingerprint density at radius 1 is 0.800 bits per heavy atom. The molecule has 0 bridgehead atoms. The Bertz CT molecular complexity index is 767. The Labute approximate surface area is 146 Å². The van der Waals surface area contributed by atoms with Crippen LogP contribution in [0.3, 0.4) is 0 Å². The highest BCUT2D eigenvalue weighted by molar-refractivity contribution is 5.84. The number of carbonyl (C=O) groups is 2. The van der Waals surface area contributed by atoms with Gasteiger partial charge in [-0.25, -0.2) is 0 Å². The Kier molecular flexibility index (Phi) is 4.98. The highest BCUT2D eigenvalue weighted by Crippen LogP contribution is 2.44. The zero-order valence-electron chi connectivity index (χ0n) is 13.9. The lowest BCUT2D eigenvalue weighted by molar-refractivity contribution is -0.157. The Balaban J connectivity index is 2.10. The number of ether oxygens (including phenoxy) is 1. The van der Waals surface area contributed by atoms with Gasteiger partial charge in [0.15, 0.2) is 0 Å². The van der Waals surface area contributed by atoms with Crippen molar-refractivity contribution in [3.63, 3.8) is 0 Å². The lowest BCUT2D eigenvalue weighted by Gasteiger charge is -2.36. The molecule has 128 valence electrons. The number of hydrogen-bond donors (Lipinski definition) is 1. The first-order chi connectivity index (χ1) is 12.1. The molecule has 3 rings (SSSR count). The maximum absolute atomic E-state index is 12.5. The Morgan fingerprint density at radius 2 is 1.24 bits per heavy atom. The predicted molar refractivity (Wildman–Crippen MR) is 94.1 cm³/mol. The summed E-state index contributed by atoms with van der Waals surface area (Å²) in [6, 6.07) is 18.9. The second kappa shape index (κ2) is 7.34. The Hall–Kier alpha value is -2.88. The molecule has 0 heterocycles. The van der Waals surface area contributed by atoms with Crippen molar-refractivity contribution in [2.75, 3.05) is 7.11 Å². The zero-order valence-corrected chi connectivity index (χ0v) is 13.9. The van der Waals surface area contributed by atoms with E-state index in [4.69, 9.17) is 4.74 Å². The fraction of sp³-hybridized carbons (Fsp3) is 0.238. The summed E-state index contributed by atoms with van der Waals surface area (Å²) in [5.41, 5.74) is 1.79. The van der Waals surface area contributed by atoms with Crippen LogP contribution < -0.4 is 0 Å². The average Bonchev–Trinajstić information content (AvgIpc) is 2.67. The molecule has 0 spiro atoms. The van der Waals surface area contributed by atoms with E-state index in [2.05, 4.69) is 0 Å². The van der Waals surface area contributed by atoms with E-state index in [1.54, 1.807) is 0 Å². The number of rotatable bonds is 4. The van der Waals surface area contributed by atoms with Crippen molar-refractivity contribution in [3.05, 3.63) is 83.9 Å². The lowest BCUT2D eigenvalue weighted by atomic mass is 9.66. The third kappa shape index (κ3) is 3.33. The standard InChI is InChI=1S/C21H20O4/c1-25-21(24)19-17(15-10-6-3-7-11-15)13-12-16(18(19)20(22)23)14-8-4-2-5-9-14/h2-13,16-19H,1H3,(H,22,23)/t16-,17-,18-,19-/m0/s1. The first kappa shape index (κ1) is 17.0. The molecule has 25 heavy (non-hydrogen) atoms. The van der Waals surface area contributed by atoms with Gasteiger partial charge in [-0.15, -0.1) is 0 Å². The van der Waals surface area contributed by atoms with Gasteiger partial charge in [0.05, 0.1) is 18.9 Å². The SMILES string of the molecule is COC(=O)[C@@H]1[C@@H](C(=O)O)[C@H](c2ccccc2)C=C[C@H]1c1ccccc1. The van der Waals surface area contributed by atoms with Gasteiger partial charge in [-0.2, -0.15) is 0 Å². The third-order valence-corrected chi connectivity index (χ3v) is 4.81. The van der Waals surface area contributed by atoms with E-state index in [9.17, 15) is 14.7 Å². The van der Waals surface area contributed by atoms with Crippen molar-refractivity contribution in [1.82, 2.24) is 0 Å². The molecule has 0 saturated carbocycles. The molecule has 2 aromatic rings. The molecule has 4 atom stereocenters. The van der Waals surface area contributed by atoms with E-state index < -0.39 is 23.8 Å². The number of carboxylic acid groups (broad SMARTS) is 1. The highest BCUT2D eigenvalue weighted by atomic mass is 16.5. The maximum Gasteiger partial charge on any atom is 0.310 e. The third-order valence-electron chi connectivity index (χ3n) is 4.81. The molecule has 0 unspecified atom stereocenters. The molecule has 0 amide bonds. The second-order valence-electron chi connectivity index (χ2n) is 6.17. The number of allylic oxidation sites excluding steroid dienone is 2. The minimum Gasteiger partial charge on any atom is -0.481 e. The summed E-state index contributed by atoms with van der Waals surface area (Å²) < 4.78 is 4.97. The summed E-state index contributed by atoms with van der Waals surface area (Å²) in [4.78, 5) is 24.6. The number of benzene rings is 2. The van der Waals surface area contributed by atoms with Crippen LogP contribution in [-0.2, 0) is 14.3 Å². The molecule has 2 aromatic carbocycles. The van der Waals surface area contributed by atoms with Crippen LogP contribution in [0.1, 0.15) is 23.0 Å². The van der Waals surface area contributed by atoms with Gasteiger partial charge >= 0.3 is 11.9 Å². The quantitative estimate of drug-likeness (QED) is 0.684. The van der Waals surface area contributed by atoms with Crippen molar-refractivity contribution in [3.8, 4) is 0 Å². The van der Waals surface area contributed by atoms with Crippen LogP contribution in [-0.4, -0.2) is 24.2 Å². The summed E-state index contributed by atoms with van der Waals surface area (Å²) >= 11 is 0. The number of esters is 1. The predicted octanol–water partition coefficient (Wildman–Crippen LogP) is 3.61. The molecule has 4 nitrogen and oxygen atoms in total. The summed E-state index contributed by atoms with van der Waals surface area (Å²) in [6.45, 7) is 0. The first-order valence-electron chi connectivity index (χ1n) is 8.22. The second-order valence-corrected chi connectivity index (χ2v) is 6.17. The van der Waals surface area contributed by atoms with Crippen molar-refractivity contribution in [2.45, 2.75) is 11.8 Å². The fourth-order valence-corrected chi connectivity index (χ4v) is 3.65. The van der Waals surface area contributed by atoms with Gasteiger partial charge in [-0.3, -0.25) is 9.59 Å². The average molecular weight is 336 g/mol. The zero-order chi connectivity index (χ0) is 17.8. The smallest absolute Gasteiger partial charge is 0.310 e. The topological polar surface area (TPSA) is 63.6 Å². The van der Waals surface area contributed by atoms with Crippen LogP contribution in [0.25, 0.3) is 0 Å². The van der Waals surface area contributed by atoms with E-state index in [0.29, 0.717) is 0 Å². The summed E-state index contributed by atoms with van der Waals surface area (Å²) in [5, 5.41) is 9.91. The molecular formula is C21H20O4. The normalized spacial score (nSPS) is 25.3. The molecule has 1 N–H and O–H groups in total. The summed E-state index contributed by atoms with van der Waals surface area (Å²) in [6.07, 6.45) is 3.85. The van der Waals surface area contributed by atoms with Crippen LogP contribution >= 0.6 is 0 Å². The first-order valence-corrected chi connectivity index (χ1v) is 8.22. The summed E-state index contributed by atoms with van der Waals surface area (Å²) in [7, 11) is 1.30. The number of aliphatic carboxylic acids is 1. The van der Waals surface area contributed by atoms with Gasteiger partial charge in [0.2, 0.25) is 0 Å². The van der Waals surface area contributed by atoms with Gasteiger partial charge in [0.25, 0.3) is 0 Å². The number of carboxylic acids is 1. The summed E-state index contributed by atoms with van der Waals surface area (Å²) in [5.74, 6) is -3.84. The number of carbonyl (C=O) groups excluding carboxylic acids is 1. The van der Waals surface area contributed by atoms with Crippen molar-refractivity contribution in [1.29, 1.82) is 0 Å². The molecule has 1 aliphatic carbocycles. The van der Waals surface area contributed by atoms with E-state index in [-0.39, 0.29) is 11.8 Å². The van der Waals surface area contributed by atoms with Crippen LogP contribution in [0, 0.1) is 11.8 Å². The minimum atomic E-state index is -0.991. The number of hydrogen-bond acceptors (Lipinski definition) is 3. The molecule has 0 saturated heterocycles. The van der Waals surface area contributed by atoms with Gasteiger partial charge in [0.1, 0.15) is 0 Å². The molecule has 1 aliphatic rings. The monoisotopic (exact) mass is 336 g/mol. The van der Waals surface area contributed by atoms with Crippen LogP contribution in [0.5, 0.6) is 0 Å².